The number of fused-ring (bicyclic) bond motifs is 6. The molecule has 0 bridgehead atoms. The van der Waals surface area contributed by atoms with E-state index in [1.165, 1.54) is 0 Å². The summed E-state index contributed by atoms with van der Waals surface area (Å²) in [6.07, 6.45) is 3.14. The molecule has 1 atom stereocenters. The third-order valence-corrected chi connectivity index (χ3v) is 7.42. The first-order chi connectivity index (χ1) is 17.2. The minimum atomic E-state index is -0.912. The van der Waals surface area contributed by atoms with Crippen molar-refractivity contribution in [1.82, 2.24) is 0 Å². The van der Waals surface area contributed by atoms with Crippen LogP contribution in [0.15, 0.2) is 48.5 Å². The van der Waals surface area contributed by atoms with Crippen LogP contribution in [0.2, 0.25) is 0 Å². The average Bonchev–Trinajstić information content (AvgIpc) is 3.66. The summed E-state index contributed by atoms with van der Waals surface area (Å²) >= 11 is 0. The summed E-state index contributed by atoms with van der Waals surface area (Å²) in [6, 6.07) is 15.8. The number of carbonyl (C=O) groups is 1. The van der Waals surface area contributed by atoms with Crippen LogP contribution in [0.4, 0.5) is 5.69 Å². The predicted molar refractivity (Wildman–Crippen MR) is 129 cm³/mol. The topological polar surface area (TPSA) is 66.5 Å². The fourth-order valence-corrected chi connectivity index (χ4v) is 5.73. The number of para-hydroxylation sites is 1. The molecule has 7 heteroatoms. The van der Waals surface area contributed by atoms with Gasteiger partial charge in [-0.25, -0.2) is 0 Å². The highest BCUT2D eigenvalue weighted by Gasteiger charge is 2.58. The summed E-state index contributed by atoms with van der Waals surface area (Å²) in [4.78, 5) is 16.1. The average molecular weight is 472 g/mol. The number of hydrogen-bond donors (Lipinski definition) is 0. The van der Waals surface area contributed by atoms with E-state index in [0.29, 0.717) is 35.3 Å². The summed E-state index contributed by atoms with van der Waals surface area (Å²) < 4.78 is 29.3. The predicted octanol–water partition coefficient (Wildman–Crippen LogP) is 5.03. The Morgan fingerprint density at radius 3 is 2.57 bits per heavy atom. The number of rotatable bonds is 5. The van der Waals surface area contributed by atoms with Gasteiger partial charge in [0.2, 0.25) is 19.5 Å². The van der Waals surface area contributed by atoms with Crippen molar-refractivity contribution >= 4 is 11.6 Å². The van der Waals surface area contributed by atoms with Gasteiger partial charge in [-0.15, -0.1) is 0 Å². The van der Waals surface area contributed by atoms with Crippen LogP contribution in [0.25, 0.3) is 11.1 Å². The van der Waals surface area contributed by atoms with Gasteiger partial charge in [0.25, 0.3) is 0 Å². The fourth-order valence-electron chi connectivity index (χ4n) is 5.73. The van der Waals surface area contributed by atoms with Crippen molar-refractivity contribution in [2.45, 2.75) is 31.6 Å². The number of hydrogen-bond acceptors (Lipinski definition) is 6. The Kier molecular flexibility index (Phi) is 4.43. The summed E-state index contributed by atoms with van der Waals surface area (Å²) in [6.45, 7) is 3.42. The molecule has 4 aliphatic rings. The Morgan fingerprint density at radius 2 is 1.66 bits per heavy atom. The number of amides is 1. The van der Waals surface area contributed by atoms with Crippen molar-refractivity contribution in [2.24, 2.45) is 0 Å². The quantitative estimate of drug-likeness (QED) is 0.487. The van der Waals surface area contributed by atoms with Crippen molar-refractivity contribution in [3.05, 3.63) is 59.7 Å². The molecule has 1 spiro atoms. The lowest BCUT2D eigenvalue weighted by Gasteiger charge is -2.23. The minimum Gasteiger partial charge on any atom is -0.491 e. The van der Waals surface area contributed by atoms with Crippen molar-refractivity contribution in [1.29, 1.82) is 0 Å². The minimum absolute atomic E-state index is 0.0593. The van der Waals surface area contributed by atoms with Gasteiger partial charge in [-0.05, 0) is 41.8 Å². The van der Waals surface area contributed by atoms with E-state index >= 15 is 0 Å². The van der Waals surface area contributed by atoms with Gasteiger partial charge in [0.1, 0.15) is 17.8 Å². The fraction of sp³-hybridized carbons (Fsp3) is 0.321. The van der Waals surface area contributed by atoms with E-state index in [2.05, 4.69) is 13.0 Å². The van der Waals surface area contributed by atoms with Gasteiger partial charge in [0.05, 0.1) is 5.56 Å². The van der Waals surface area contributed by atoms with E-state index in [4.69, 9.17) is 23.7 Å². The van der Waals surface area contributed by atoms with Gasteiger partial charge in [-0.1, -0.05) is 44.0 Å². The molecule has 3 aromatic carbocycles. The van der Waals surface area contributed by atoms with E-state index in [9.17, 15) is 4.79 Å². The summed E-state index contributed by atoms with van der Waals surface area (Å²) in [5, 5.41) is 0. The molecular formula is C28H25NO6. The molecule has 0 fully saturated rings. The van der Waals surface area contributed by atoms with Crippen molar-refractivity contribution in [2.75, 3.05) is 31.6 Å². The normalized spacial score (nSPS) is 20.4. The van der Waals surface area contributed by atoms with Crippen LogP contribution >= 0.6 is 0 Å². The van der Waals surface area contributed by atoms with E-state index < -0.39 is 5.41 Å². The van der Waals surface area contributed by atoms with Gasteiger partial charge < -0.3 is 28.6 Å². The molecule has 4 heterocycles. The monoisotopic (exact) mass is 471 g/mol. The molecule has 7 nitrogen and oxygen atoms in total. The molecule has 35 heavy (non-hydrogen) atoms. The third kappa shape index (κ3) is 2.75. The Hall–Kier alpha value is -3.87. The zero-order valence-electron chi connectivity index (χ0n) is 19.5. The first kappa shape index (κ1) is 20.5. The van der Waals surface area contributed by atoms with E-state index in [0.717, 1.165) is 47.2 Å². The molecule has 3 aromatic rings. The van der Waals surface area contributed by atoms with Crippen molar-refractivity contribution in [3.8, 4) is 39.9 Å². The molecule has 0 aliphatic carbocycles. The lowest BCUT2D eigenvalue weighted by Crippen LogP contribution is -2.42. The van der Waals surface area contributed by atoms with Crippen LogP contribution in [0.3, 0.4) is 0 Å². The van der Waals surface area contributed by atoms with Crippen LogP contribution in [-0.4, -0.2) is 32.6 Å². The summed E-state index contributed by atoms with van der Waals surface area (Å²) in [7, 11) is 0. The number of nitrogens with zero attached hydrogens (tertiary/aromatic N) is 1. The number of carbonyl (C=O) groups excluding carboxylic acids is 1. The summed E-state index contributed by atoms with van der Waals surface area (Å²) in [5.74, 6) is 3.34. The Labute approximate surface area is 203 Å². The zero-order chi connectivity index (χ0) is 23.6. The van der Waals surface area contributed by atoms with Crippen molar-refractivity contribution in [3.63, 3.8) is 0 Å². The van der Waals surface area contributed by atoms with Crippen LogP contribution in [0.5, 0.6) is 28.7 Å². The van der Waals surface area contributed by atoms with Gasteiger partial charge in [0, 0.05) is 17.8 Å². The Morgan fingerprint density at radius 1 is 0.829 bits per heavy atom. The molecule has 0 saturated heterocycles. The lowest BCUT2D eigenvalue weighted by atomic mass is 9.76. The number of unbranched alkanes of at least 4 members (excludes halogenated alkanes) is 2. The second-order valence-corrected chi connectivity index (χ2v) is 9.31. The number of benzene rings is 3. The molecule has 0 saturated carbocycles. The molecule has 0 N–H and O–H groups in total. The molecule has 1 amide bonds. The van der Waals surface area contributed by atoms with Gasteiger partial charge in [-0.3, -0.25) is 4.79 Å². The number of anilines is 1. The maximum absolute atomic E-state index is 14.2. The maximum atomic E-state index is 14.2. The van der Waals surface area contributed by atoms with Crippen LogP contribution in [0, 0.1) is 0 Å². The first-order valence-corrected chi connectivity index (χ1v) is 12.1. The first-order valence-electron chi connectivity index (χ1n) is 12.1. The van der Waals surface area contributed by atoms with E-state index in [1.807, 2.05) is 47.4 Å². The lowest BCUT2D eigenvalue weighted by molar-refractivity contribution is -0.122. The molecule has 178 valence electrons. The molecule has 0 aromatic heterocycles. The molecule has 0 radical (unpaired) electrons. The Bertz CT molecular complexity index is 1370. The van der Waals surface area contributed by atoms with Crippen LogP contribution in [0.1, 0.15) is 37.3 Å². The molecule has 4 aliphatic heterocycles. The highest BCUT2D eigenvalue weighted by molar-refractivity contribution is 6.12. The Balaban J connectivity index is 1.42. The second kappa shape index (κ2) is 7.57. The third-order valence-electron chi connectivity index (χ3n) is 7.42. The largest absolute Gasteiger partial charge is 0.491 e. The summed E-state index contributed by atoms with van der Waals surface area (Å²) in [5.41, 5.74) is 3.50. The van der Waals surface area contributed by atoms with Gasteiger partial charge >= 0.3 is 0 Å². The highest BCUT2D eigenvalue weighted by atomic mass is 16.7. The van der Waals surface area contributed by atoms with Gasteiger partial charge in [0.15, 0.2) is 23.0 Å². The van der Waals surface area contributed by atoms with Crippen molar-refractivity contribution < 1.29 is 28.5 Å². The molecular weight excluding hydrogens is 446 g/mol. The zero-order valence-corrected chi connectivity index (χ0v) is 19.5. The second-order valence-electron chi connectivity index (χ2n) is 9.31. The smallest absolute Gasteiger partial charge is 0.245 e. The van der Waals surface area contributed by atoms with Gasteiger partial charge in [-0.2, -0.15) is 0 Å². The number of ether oxygens (including phenoxy) is 5. The standard InChI is InChI=1S/C28H25NO6/c1-2-3-6-11-29-20-8-5-4-7-18(20)28(27(29)30)14-31-25-19(28)13-23-26(35-16-34-23)24(25)17-9-10-21-22(12-17)33-15-32-21/h4-5,7-10,12-13H,2-3,6,11,14-16H2,1H3. The van der Waals surface area contributed by atoms with Crippen LogP contribution < -0.4 is 28.6 Å². The van der Waals surface area contributed by atoms with E-state index in [-0.39, 0.29) is 26.1 Å². The molecule has 7 rings (SSSR count). The SMILES string of the molecule is CCCCCN1C(=O)C2(COc3c2cc2c(c3-c3ccc4c(c3)OCO4)OCO2)c2ccccc21. The van der Waals surface area contributed by atoms with E-state index in [1.54, 1.807) is 0 Å². The molecule has 1 unspecified atom stereocenters. The highest BCUT2D eigenvalue weighted by Crippen LogP contribution is 2.59. The maximum Gasteiger partial charge on any atom is 0.245 e. The van der Waals surface area contributed by atoms with Crippen LogP contribution in [-0.2, 0) is 10.2 Å².